The fraction of sp³-hybridized carbons (Fsp3) is 0.500. The van der Waals surface area contributed by atoms with Crippen molar-refractivity contribution < 1.29 is 28.5 Å². The van der Waals surface area contributed by atoms with Gasteiger partial charge >= 0.3 is 5.97 Å². The Bertz CT molecular complexity index is 896. The van der Waals surface area contributed by atoms with Crippen LogP contribution in [0.25, 0.3) is 0 Å². The third kappa shape index (κ3) is 5.74. The van der Waals surface area contributed by atoms with Gasteiger partial charge in [-0.1, -0.05) is 0 Å². The number of carbonyl (C=O) groups excluding carboxylic acids is 2. The number of ketones is 1. The van der Waals surface area contributed by atoms with Crippen molar-refractivity contribution in [2.45, 2.75) is 45.8 Å². The zero-order chi connectivity index (χ0) is 22.4. The number of carbonyl (C=O) groups is 2. The summed E-state index contributed by atoms with van der Waals surface area (Å²) in [5, 5.41) is 0. The van der Waals surface area contributed by atoms with Gasteiger partial charge in [0.2, 0.25) is 5.78 Å². The van der Waals surface area contributed by atoms with Crippen LogP contribution in [0.15, 0.2) is 30.3 Å². The van der Waals surface area contributed by atoms with Gasteiger partial charge in [0, 0.05) is 30.7 Å². The number of esters is 1. The maximum absolute atomic E-state index is 12.7. The summed E-state index contributed by atoms with van der Waals surface area (Å²) in [5.74, 6) is -0.102. The van der Waals surface area contributed by atoms with Gasteiger partial charge in [-0.05, 0) is 63.9 Å². The van der Waals surface area contributed by atoms with Crippen LogP contribution in [0, 0.1) is 13.8 Å². The van der Waals surface area contributed by atoms with Crippen LogP contribution >= 0.6 is 0 Å². The Hall–Kier alpha value is -2.64. The molecule has 1 fully saturated rings. The summed E-state index contributed by atoms with van der Waals surface area (Å²) in [4.78, 5) is 25.0. The molecule has 0 spiro atoms. The number of methoxy groups -OCH3 is 1. The largest absolute Gasteiger partial charge is 0.491 e. The fourth-order valence-electron chi connectivity index (χ4n) is 4.00. The minimum absolute atomic E-state index is 0.107. The smallest absolute Gasteiger partial charge is 0.338 e. The molecule has 0 radical (unpaired) electrons. The van der Waals surface area contributed by atoms with Gasteiger partial charge in [-0.2, -0.15) is 0 Å². The van der Waals surface area contributed by atoms with E-state index in [4.69, 9.17) is 18.9 Å². The summed E-state index contributed by atoms with van der Waals surface area (Å²) in [6, 6.07) is 8.65. The molecule has 3 rings (SSSR count). The number of aryl methyl sites for hydroxylation is 1. The van der Waals surface area contributed by atoms with E-state index in [2.05, 4.69) is 4.57 Å². The number of hydrogen-bond donors (Lipinski definition) is 0. The summed E-state index contributed by atoms with van der Waals surface area (Å²) < 4.78 is 23.8. The van der Waals surface area contributed by atoms with Crippen LogP contribution in [0.1, 0.15) is 57.9 Å². The molecule has 0 amide bonds. The molecule has 1 aromatic carbocycles. The van der Waals surface area contributed by atoms with E-state index in [-0.39, 0.29) is 24.5 Å². The van der Waals surface area contributed by atoms with E-state index in [0.29, 0.717) is 30.1 Å². The molecule has 1 saturated heterocycles. The summed E-state index contributed by atoms with van der Waals surface area (Å²) in [5.41, 5.74) is 2.74. The lowest BCUT2D eigenvalue weighted by atomic mass is 10.1. The molecule has 1 aliphatic heterocycles. The lowest BCUT2D eigenvalue weighted by Crippen LogP contribution is -2.17. The molecule has 2 atom stereocenters. The van der Waals surface area contributed by atoms with Crippen LogP contribution in [0.5, 0.6) is 5.75 Å². The van der Waals surface area contributed by atoms with Gasteiger partial charge in [-0.3, -0.25) is 4.79 Å². The summed E-state index contributed by atoms with van der Waals surface area (Å²) in [6.45, 7) is 7.40. The lowest BCUT2D eigenvalue weighted by Gasteiger charge is -2.17. The Morgan fingerprint density at radius 1 is 1.23 bits per heavy atom. The maximum atomic E-state index is 12.7. The monoisotopic (exact) mass is 429 g/mol. The molecule has 0 N–H and O–H groups in total. The standard InChI is InChI=1S/C24H31NO6/c1-16-12-22(18(3)25(16)17(2)13-28-4)23(26)15-31-24(27)19-7-9-20(10-8-19)30-14-21-6-5-11-29-21/h7-10,12,17,21H,5-6,11,13-15H2,1-4H3/t17-,21+/m1/s1. The quantitative estimate of drug-likeness (QED) is 0.421. The average Bonchev–Trinajstić information content (AvgIpc) is 3.38. The molecule has 7 heteroatoms. The number of Topliss-reactive ketones (excluding diaryl/α,β-unsaturated/α-hetero) is 1. The van der Waals surface area contributed by atoms with Gasteiger partial charge < -0.3 is 23.5 Å². The number of benzene rings is 1. The highest BCUT2D eigenvalue weighted by Crippen LogP contribution is 2.22. The van der Waals surface area contributed by atoms with Crippen LogP contribution in [-0.2, 0) is 14.2 Å². The second-order valence-corrected chi connectivity index (χ2v) is 7.93. The average molecular weight is 430 g/mol. The highest BCUT2D eigenvalue weighted by molar-refractivity contribution is 6.00. The van der Waals surface area contributed by atoms with E-state index in [1.807, 2.05) is 26.8 Å². The van der Waals surface area contributed by atoms with Gasteiger partial charge in [0.1, 0.15) is 12.4 Å². The van der Waals surface area contributed by atoms with Crippen molar-refractivity contribution in [1.29, 1.82) is 0 Å². The Balaban J connectivity index is 1.54. The molecule has 0 unspecified atom stereocenters. The lowest BCUT2D eigenvalue weighted by molar-refractivity contribution is 0.0474. The summed E-state index contributed by atoms with van der Waals surface area (Å²) >= 11 is 0. The van der Waals surface area contributed by atoms with Gasteiger partial charge in [0.15, 0.2) is 6.61 Å². The highest BCUT2D eigenvalue weighted by Gasteiger charge is 2.20. The molecule has 168 valence electrons. The first-order valence-electron chi connectivity index (χ1n) is 10.6. The normalized spacial score (nSPS) is 16.8. The molecule has 0 saturated carbocycles. The van der Waals surface area contributed by atoms with E-state index in [1.54, 1.807) is 31.4 Å². The highest BCUT2D eigenvalue weighted by atomic mass is 16.5. The van der Waals surface area contributed by atoms with E-state index >= 15 is 0 Å². The molecule has 7 nitrogen and oxygen atoms in total. The zero-order valence-electron chi connectivity index (χ0n) is 18.7. The zero-order valence-corrected chi connectivity index (χ0v) is 18.7. The number of ether oxygens (including phenoxy) is 4. The van der Waals surface area contributed by atoms with Crippen LogP contribution in [0.2, 0.25) is 0 Å². The Labute approximate surface area is 183 Å². The molecule has 0 aliphatic carbocycles. The van der Waals surface area contributed by atoms with E-state index in [1.165, 1.54) is 0 Å². The summed E-state index contributed by atoms with van der Waals surface area (Å²) in [7, 11) is 1.65. The number of aromatic nitrogens is 1. The van der Waals surface area contributed by atoms with E-state index in [0.717, 1.165) is 30.8 Å². The molecule has 0 bridgehead atoms. The van der Waals surface area contributed by atoms with Crippen molar-refractivity contribution in [1.82, 2.24) is 4.57 Å². The van der Waals surface area contributed by atoms with Crippen LogP contribution in [0.4, 0.5) is 0 Å². The first-order chi connectivity index (χ1) is 14.9. The molecule has 1 aromatic heterocycles. The van der Waals surface area contributed by atoms with Crippen molar-refractivity contribution in [3.63, 3.8) is 0 Å². The molecule has 1 aliphatic rings. The van der Waals surface area contributed by atoms with Crippen molar-refractivity contribution in [3.8, 4) is 5.75 Å². The first-order valence-corrected chi connectivity index (χ1v) is 10.6. The van der Waals surface area contributed by atoms with Crippen LogP contribution in [-0.4, -0.2) is 56.0 Å². The minimum atomic E-state index is -0.541. The topological polar surface area (TPSA) is 76.0 Å². The van der Waals surface area contributed by atoms with Gasteiger partial charge in [-0.25, -0.2) is 4.79 Å². The molecular formula is C24H31NO6. The number of nitrogens with zero attached hydrogens (tertiary/aromatic N) is 1. The third-order valence-electron chi connectivity index (χ3n) is 5.52. The van der Waals surface area contributed by atoms with Gasteiger partial charge in [0.05, 0.1) is 24.3 Å². The van der Waals surface area contributed by atoms with Crippen molar-refractivity contribution >= 4 is 11.8 Å². The second-order valence-electron chi connectivity index (χ2n) is 7.93. The first kappa shape index (κ1) is 23.0. The van der Waals surface area contributed by atoms with Crippen LogP contribution in [0.3, 0.4) is 0 Å². The predicted molar refractivity (Wildman–Crippen MR) is 116 cm³/mol. The SMILES string of the molecule is COC[C@@H](C)n1c(C)cc(C(=O)COC(=O)c2ccc(OC[C@@H]3CCCO3)cc2)c1C. The van der Waals surface area contributed by atoms with Gasteiger partial charge in [-0.15, -0.1) is 0 Å². The summed E-state index contributed by atoms with van der Waals surface area (Å²) in [6.07, 6.45) is 2.20. The molecular weight excluding hydrogens is 398 g/mol. The molecule has 2 heterocycles. The Morgan fingerprint density at radius 3 is 2.61 bits per heavy atom. The fourth-order valence-corrected chi connectivity index (χ4v) is 4.00. The van der Waals surface area contributed by atoms with Gasteiger partial charge in [0.25, 0.3) is 0 Å². The Kier molecular flexibility index (Phi) is 7.87. The third-order valence-corrected chi connectivity index (χ3v) is 5.52. The van der Waals surface area contributed by atoms with E-state index < -0.39 is 5.97 Å². The van der Waals surface area contributed by atoms with Crippen LogP contribution < -0.4 is 4.74 Å². The maximum Gasteiger partial charge on any atom is 0.338 e. The van der Waals surface area contributed by atoms with Crippen molar-refractivity contribution in [3.05, 3.63) is 52.8 Å². The molecule has 2 aromatic rings. The van der Waals surface area contributed by atoms with Crippen molar-refractivity contribution in [2.75, 3.05) is 33.5 Å². The second kappa shape index (κ2) is 10.6. The van der Waals surface area contributed by atoms with Crippen molar-refractivity contribution in [2.24, 2.45) is 0 Å². The van der Waals surface area contributed by atoms with E-state index in [9.17, 15) is 9.59 Å². The minimum Gasteiger partial charge on any atom is -0.491 e. The molecule has 31 heavy (non-hydrogen) atoms. The Morgan fingerprint density at radius 2 is 1.97 bits per heavy atom. The predicted octanol–water partition coefficient (Wildman–Crippen LogP) is 3.91. The number of hydrogen-bond acceptors (Lipinski definition) is 6. The number of rotatable bonds is 10.